The van der Waals surface area contributed by atoms with Crippen LogP contribution in [0.3, 0.4) is 0 Å². The molecule has 2 heterocycles. The summed E-state index contributed by atoms with van der Waals surface area (Å²) in [7, 11) is 0. The third kappa shape index (κ3) is 3.00. The largest absolute Gasteiger partial charge is 0.508 e. The summed E-state index contributed by atoms with van der Waals surface area (Å²) >= 11 is 1.23. The number of nitrogens with two attached hydrogens (primary N) is 1. The van der Waals surface area contributed by atoms with Crippen molar-refractivity contribution in [2.24, 2.45) is 5.73 Å². The molecule has 118 valence electrons. The molecule has 0 atom stereocenters. The van der Waals surface area contributed by atoms with Crippen molar-refractivity contribution in [1.82, 2.24) is 9.97 Å². The van der Waals surface area contributed by atoms with Gasteiger partial charge in [0.05, 0.1) is 18.1 Å². The van der Waals surface area contributed by atoms with Gasteiger partial charge in [-0.05, 0) is 12.1 Å². The van der Waals surface area contributed by atoms with Crippen molar-refractivity contribution in [3.63, 3.8) is 0 Å². The molecule has 0 unspecified atom stereocenters. The van der Waals surface area contributed by atoms with Crippen LogP contribution < -0.4 is 10.5 Å². The first-order chi connectivity index (χ1) is 11.1. The number of fused-ring (bicyclic) bond motifs is 1. The number of thioether (sulfide) groups is 1. The molecule has 1 aliphatic heterocycles. The van der Waals surface area contributed by atoms with E-state index >= 15 is 0 Å². The normalized spacial score (nSPS) is 12.5. The van der Waals surface area contributed by atoms with Gasteiger partial charge in [0.15, 0.2) is 0 Å². The number of hydrogen-bond acceptors (Lipinski definition) is 6. The first-order valence-electron chi connectivity index (χ1n) is 6.97. The second-order valence-electron chi connectivity index (χ2n) is 4.97. The van der Waals surface area contributed by atoms with E-state index in [-0.39, 0.29) is 11.5 Å². The van der Waals surface area contributed by atoms with Gasteiger partial charge in [-0.2, -0.15) is 0 Å². The summed E-state index contributed by atoms with van der Waals surface area (Å²) in [6.45, 7) is 4.36. The number of carbonyl (C=O) groups is 1. The zero-order valence-electron chi connectivity index (χ0n) is 12.3. The predicted octanol–water partition coefficient (Wildman–Crippen LogP) is 2.00. The van der Waals surface area contributed by atoms with Gasteiger partial charge in [0.2, 0.25) is 5.91 Å². The van der Waals surface area contributed by atoms with Crippen molar-refractivity contribution in [2.45, 2.75) is 11.4 Å². The number of nitrogens with zero attached hydrogens (tertiary/aromatic N) is 2. The lowest BCUT2D eigenvalue weighted by molar-refractivity contribution is -0.115. The maximum atomic E-state index is 11.0. The Morgan fingerprint density at radius 2 is 2.30 bits per heavy atom. The lowest BCUT2D eigenvalue weighted by atomic mass is 10.0. The monoisotopic (exact) mass is 329 g/mol. The number of aromatic nitrogens is 2. The number of primary amides is 1. The third-order valence-corrected chi connectivity index (χ3v) is 4.50. The maximum absolute atomic E-state index is 11.0. The number of rotatable bonds is 5. The molecule has 1 amide bonds. The molecule has 1 aliphatic rings. The van der Waals surface area contributed by atoms with E-state index in [0.29, 0.717) is 40.6 Å². The van der Waals surface area contributed by atoms with E-state index in [9.17, 15) is 9.90 Å². The number of ether oxygens (including phenoxy) is 1. The SMILES string of the molecule is C=Cc1c(SCC(N)=O)ncnc1-c1cc(O)c2c(c1)OCC2. The molecule has 1 aromatic heterocycles. The molecule has 6 nitrogen and oxygen atoms in total. The van der Waals surface area contributed by atoms with Crippen molar-refractivity contribution in [3.8, 4) is 22.8 Å². The van der Waals surface area contributed by atoms with Gasteiger partial charge in [-0.25, -0.2) is 9.97 Å². The molecule has 0 saturated heterocycles. The third-order valence-electron chi connectivity index (χ3n) is 3.47. The number of amides is 1. The summed E-state index contributed by atoms with van der Waals surface area (Å²) in [5.74, 6) is 0.555. The fourth-order valence-electron chi connectivity index (χ4n) is 2.46. The highest BCUT2D eigenvalue weighted by atomic mass is 32.2. The smallest absolute Gasteiger partial charge is 0.227 e. The molecule has 0 bridgehead atoms. The molecule has 0 saturated carbocycles. The summed E-state index contributed by atoms with van der Waals surface area (Å²) in [5.41, 5.74) is 8.02. The molecule has 7 heteroatoms. The number of phenols is 1. The zero-order valence-corrected chi connectivity index (χ0v) is 13.1. The minimum Gasteiger partial charge on any atom is -0.508 e. The zero-order chi connectivity index (χ0) is 16.4. The number of phenolic OH excluding ortho intramolecular Hbond substituents is 1. The number of hydrogen-bond donors (Lipinski definition) is 2. The van der Waals surface area contributed by atoms with Crippen LogP contribution in [0.25, 0.3) is 17.3 Å². The molecule has 23 heavy (non-hydrogen) atoms. The summed E-state index contributed by atoms with van der Waals surface area (Å²) in [5, 5.41) is 10.8. The van der Waals surface area contributed by atoms with Crippen molar-refractivity contribution >= 4 is 23.7 Å². The van der Waals surface area contributed by atoms with Crippen LogP contribution in [0.2, 0.25) is 0 Å². The first-order valence-corrected chi connectivity index (χ1v) is 7.96. The van der Waals surface area contributed by atoms with Crippen molar-refractivity contribution in [3.05, 3.63) is 36.2 Å². The lowest BCUT2D eigenvalue weighted by Gasteiger charge is -2.11. The summed E-state index contributed by atoms with van der Waals surface area (Å²) < 4.78 is 5.53. The molecule has 0 aliphatic carbocycles. The Morgan fingerprint density at radius 3 is 3.04 bits per heavy atom. The topological polar surface area (TPSA) is 98.3 Å². The van der Waals surface area contributed by atoms with Gasteiger partial charge in [-0.15, -0.1) is 0 Å². The van der Waals surface area contributed by atoms with Crippen LogP contribution in [0.1, 0.15) is 11.1 Å². The summed E-state index contributed by atoms with van der Waals surface area (Å²) in [6.07, 6.45) is 3.74. The van der Waals surface area contributed by atoms with Gasteiger partial charge in [0.1, 0.15) is 22.9 Å². The van der Waals surface area contributed by atoms with Gasteiger partial charge in [0, 0.05) is 23.1 Å². The molecular weight excluding hydrogens is 314 g/mol. The van der Waals surface area contributed by atoms with Crippen LogP contribution in [0.15, 0.2) is 30.1 Å². The molecule has 0 radical (unpaired) electrons. The number of carbonyl (C=O) groups excluding carboxylic acids is 1. The van der Waals surface area contributed by atoms with E-state index in [1.807, 2.05) is 6.07 Å². The fourth-order valence-corrected chi connectivity index (χ4v) is 3.19. The Hall–Kier alpha value is -2.54. The molecule has 3 rings (SSSR count). The van der Waals surface area contributed by atoms with E-state index < -0.39 is 5.91 Å². The minimum absolute atomic E-state index is 0.121. The van der Waals surface area contributed by atoms with E-state index in [0.717, 1.165) is 5.56 Å². The van der Waals surface area contributed by atoms with Crippen LogP contribution >= 0.6 is 11.8 Å². The summed E-state index contributed by atoms with van der Waals surface area (Å²) in [4.78, 5) is 19.5. The number of aromatic hydroxyl groups is 1. The standard InChI is InChI=1S/C16H15N3O3S/c1-2-10-15(18-8-19-16(10)23-7-14(17)21)9-5-12(20)11-3-4-22-13(11)6-9/h2,5-6,8,20H,1,3-4,7H2,(H2,17,21). The Bertz CT molecular complexity index is 792. The van der Waals surface area contributed by atoms with Crippen molar-refractivity contribution in [2.75, 3.05) is 12.4 Å². The lowest BCUT2D eigenvalue weighted by Crippen LogP contribution is -2.13. The van der Waals surface area contributed by atoms with Crippen LogP contribution in [-0.2, 0) is 11.2 Å². The quantitative estimate of drug-likeness (QED) is 0.643. The van der Waals surface area contributed by atoms with Gasteiger partial charge in [-0.1, -0.05) is 24.4 Å². The van der Waals surface area contributed by atoms with Gasteiger partial charge in [-0.3, -0.25) is 4.79 Å². The molecule has 3 N–H and O–H groups in total. The molecule has 2 aromatic rings. The second kappa shape index (κ2) is 6.29. The van der Waals surface area contributed by atoms with Crippen LogP contribution in [0.5, 0.6) is 11.5 Å². The molecule has 0 spiro atoms. The van der Waals surface area contributed by atoms with E-state index in [2.05, 4.69) is 16.5 Å². The predicted molar refractivity (Wildman–Crippen MR) is 88.3 cm³/mol. The average molecular weight is 329 g/mol. The Balaban J connectivity index is 2.06. The highest BCUT2D eigenvalue weighted by molar-refractivity contribution is 8.00. The van der Waals surface area contributed by atoms with Gasteiger partial charge < -0.3 is 15.6 Å². The van der Waals surface area contributed by atoms with Crippen LogP contribution in [0, 0.1) is 0 Å². The van der Waals surface area contributed by atoms with Crippen LogP contribution in [0.4, 0.5) is 0 Å². The number of benzene rings is 1. The Morgan fingerprint density at radius 1 is 1.48 bits per heavy atom. The van der Waals surface area contributed by atoms with E-state index in [1.165, 1.54) is 18.1 Å². The average Bonchev–Trinajstić information content (AvgIpc) is 3.01. The van der Waals surface area contributed by atoms with Gasteiger partial charge >= 0.3 is 0 Å². The highest BCUT2D eigenvalue weighted by Gasteiger charge is 2.20. The van der Waals surface area contributed by atoms with E-state index in [1.54, 1.807) is 12.1 Å². The Kier molecular flexibility index (Phi) is 4.20. The van der Waals surface area contributed by atoms with E-state index in [4.69, 9.17) is 10.5 Å². The fraction of sp³-hybridized carbons (Fsp3) is 0.188. The maximum Gasteiger partial charge on any atom is 0.227 e. The molecular formula is C16H15N3O3S. The van der Waals surface area contributed by atoms with Crippen molar-refractivity contribution < 1.29 is 14.6 Å². The summed E-state index contributed by atoms with van der Waals surface area (Å²) in [6, 6.07) is 3.51. The molecule has 1 aromatic carbocycles. The minimum atomic E-state index is -0.422. The van der Waals surface area contributed by atoms with Crippen molar-refractivity contribution in [1.29, 1.82) is 0 Å². The second-order valence-corrected chi connectivity index (χ2v) is 5.93. The first kappa shape index (κ1) is 15.4. The molecule has 0 fully saturated rings. The van der Waals surface area contributed by atoms with Crippen LogP contribution in [-0.4, -0.2) is 33.3 Å². The Labute approximate surface area is 137 Å². The highest BCUT2D eigenvalue weighted by Crippen LogP contribution is 2.39. The van der Waals surface area contributed by atoms with Gasteiger partial charge in [0.25, 0.3) is 0 Å².